The molecule has 104 valence electrons. The van der Waals surface area contributed by atoms with Crippen LogP contribution in [0.1, 0.15) is 5.69 Å². The fourth-order valence-corrected chi connectivity index (χ4v) is 1.82. The molecule has 21 heavy (non-hydrogen) atoms. The Labute approximate surface area is 119 Å². The van der Waals surface area contributed by atoms with Crippen molar-refractivity contribution in [2.75, 3.05) is 0 Å². The van der Waals surface area contributed by atoms with Crippen molar-refractivity contribution in [1.29, 1.82) is 0 Å². The van der Waals surface area contributed by atoms with Crippen molar-refractivity contribution < 1.29 is 9.94 Å². The zero-order chi connectivity index (χ0) is 14.7. The summed E-state index contributed by atoms with van der Waals surface area (Å²) in [5.74, 6) is 0.766. The van der Waals surface area contributed by atoms with Crippen LogP contribution in [0.3, 0.4) is 0 Å². The van der Waals surface area contributed by atoms with Gasteiger partial charge in [0.1, 0.15) is 11.2 Å². The Morgan fingerprint density at radius 2 is 1.95 bits per heavy atom. The monoisotopic (exact) mass is 281 g/mol. The van der Waals surface area contributed by atoms with Gasteiger partial charge in [-0.15, -0.1) is 0 Å². The number of hydrogen-bond donors (Lipinski definition) is 2. The smallest absolute Gasteiger partial charge is 0.237 e. The van der Waals surface area contributed by atoms with Crippen LogP contribution in [-0.4, -0.2) is 26.0 Å². The molecule has 0 unspecified atom stereocenters. The average molecular weight is 281 g/mol. The van der Waals surface area contributed by atoms with Crippen molar-refractivity contribution in [1.82, 2.24) is 15.0 Å². The second-order valence-corrected chi connectivity index (χ2v) is 4.16. The van der Waals surface area contributed by atoms with Crippen molar-refractivity contribution in [3.63, 3.8) is 0 Å². The quantitative estimate of drug-likeness (QED) is 0.329. The molecular formula is C14H11N5O2. The number of benzene rings is 1. The van der Waals surface area contributed by atoms with Gasteiger partial charge in [-0.2, -0.15) is 0 Å². The largest absolute Gasteiger partial charge is 0.435 e. The number of oxime groups is 1. The summed E-state index contributed by atoms with van der Waals surface area (Å²) in [7, 11) is 0. The molecule has 3 rings (SSSR count). The summed E-state index contributed by atoms with van der Waals surface area (Å²) in [6.07, 6.45) is 4.46. The lowest BCUT2D eigenvalue weighted by Crippen LogP contribution is -2.15. The number of pyridine rings is 1. The lowest BCUT2D eigenvalue weighted by atomic mass is 10.2. The highest BCUT2D eigenvalue weighted by molar-refractivity contribution is 5.94. The number of rotatable bonds is 3. The zero-order valence-corrected chi connectivity index (χ0v) is 10.8. The van der Waals surface area contributed by atoms with Gasteiger partial charge in [-0.05, 0) is 12.1 Å². The Hall–Kier alpha value is -3.22. The van der Waals surface area contributed by atoms with Crippen LogP contribution in [-0.2, 0) is 0 Å². The second-order valence-electron chi connectivity index (χ2n) is 4.16. The molecule has 0 atom stereocenters. The molecule has 0 amide bonds. The van der Waals surface area contributed by atoms with Crippen LogP contribution < -0.4 is 10.5 Å². The fourth-order valence-electron chi connectivity index (χ4n) is 1.82. The van der Waals surface area contributed by atoms with Crippen LogP contribution in [0, 0.1) is 0 Å². The van der Waals surface area contributed by atoms with Gasteiger partial charge in [-0.1, -0.05) is 23.4 Å². The number of hydrogen-bond acceptors (Lipinski definition) is 6. The minimum absolute atomic E-state index is 0.110. The van der Waals surface area contributed by atoms with Crippen molar-refractivity contribution in [2.45, 2.75) is 0 Å². The molecule has 0 saturated heterocycles. The third kappa shape index (κ3) is 2.57. The third-order valence-electron chi connectivity index (χ3n) is 2.81. The summed E-state index contributed by atoms with van der Waals surface area (Å²) in [5, 5.41) is 12.4. The molecule has 0 saturated carbocycles. The molecule has 0 bridgehead atoms. The van der Waals surface area contributed by atoms with Crippen molar-refractivity contribution in [2.24, 2.45) is 10.9 Å². The molecule has 0 aliphatic rings. The van der Waals surface area contributed by atoms with Crippen molar-refractivity contribution in [3.8, 4) is 11.6 Å². The van der Waals surface area contributed by atoms with E-state index in [1.54, 1.807) is 12.3 Å². The van der Waals surface area contributed by atoms with Gasteiger partial charge in [-0.3, -0.25) is 4.98 Å². The van der Waals surface area contributed by atoms with E-state index in [1.165, 1.54) is 12.4 Å². The molecule has 3 N–H and O–H groups in total. The second kappa shape index (κ2) is 5.41. The predicted octanol–water partition coefficient (Wildman–Crippen LogP) is 1.91. The van der Waals surface area contributed by atoms with E-state index in [-0.39, 0.29) is 11.5 Å². The summed E-state index contributed by atoms with van der Waals surface area (Å²) in [4.78, 5) is 12.4. The fraction of sp³-hybridized carbons (Fsp3) is 0. The molecule has 0 aliphatic carbocycles. The van der Waals surface area contributed by atoms with Gasteiger partial charge < -0.3 is 15.7 Å². The molecule has 0 aliphatic heterocycles. The number of fused-ring (bicyclic) bond motifs is 1. The van der Waals surface area contributed by atoms with Crippen LogP contribution in [0.15, 0.2) is 54.1 Å². The van der Waals surface area contributed by atoms with Gasteiger partial charge in [0.05, 0.1) is 12.4 Å². The maximum Gasteiger partial charge on any atom is 0.237 e. The minimum Gasteiger partial charge on any atom is -0.435 e. The molecular weight excluding hydrogens is 270 g/mol. The first-order chi connectivity index (χ1) is 10.3. The van der Waals surface area contributed by atoms with E-state index >= 15 is 0 Å². The van der Waals surface area contributed by atoms with Crippen LogP contribution in [0.2, 0.25) is 0 Å². The molecule has 7 heteroatoms. The highest BCUT2D eigenvalue weighted by Crippen LogP contribution is 2.26. The Morgan fingerprint density at radius 3 is 2.71 bits per heavy atom. The summed E-state index contributed by atoms with van der Waals surface area (Å²) in [5.41, 5.74) is 6.42. The van der Waals surface area contributed by atoms with Gasteiger partial charge in [0.2, 0.25) is 5.88 Å². The minimum atomic E-state index is -0.110. The number of amidine groups is 1. The van der Waals surface area contributed by atoms with Gasteiger partial charge in [0, 0.05) is 11.6 Å². The first kappa shape index (κ1) is 12.8. The molecule has 0 fully saturated rings. The van der Waals surface area contributed by atoms with E-state index in [0.717, 1.165) is 10.9 Å². The Kier molecular flexibility index (Phi) is 3.30. The van der Waals surface area contributed by atoms with Gasteiger partial charge >= 0.3 is 0 Å². The van der Waals surface area contributed by atoms with Crippen molar-refractivity contribution in [3.05, 3.63) is 54.6 Å². The maximum atomic E-state index is 8.57. The average Bonchev–Trinajstić information content (AvgIpc) is 2.55. The standard InChI is InChI=1S/C14H11N5O2/c15-14(19-20)10-7-18-12(8-17-10)21-11-5-1-3-9-4-2-6-16-13(9)11/h1-8,20H,(H2,15,19). The maximum absolute atomic E-state index is 8.57. The van der Waals surface area contributed by atoms with Gasteiger partial charge in [-0.25, -0.2) is 9.97 Å². The number of nitrogens with zero attached hydrogens (tertiary/aromatic N) is 4. The van der Waals surface area contributed by atoms with Crippen LogP contribution in [0.4, 0.5) is 0 Å². The zero-order valence-electron chi connectivity index (χ0n) is 10.8. The number of aromatic nitrogens is 3. The lowest BCUT2D eigenvalue weighted by Gasteiger charge is -2.07. The molecule has 2 aromatic heterocycles. The lowest BCUT2D eigenvalue weighted by molar-refractivity contribution is 0.318. The molecule has 0 radical (unpaired) electrons. The summed E-state index contributed by atoms with van der Waals surface area (Å²) in [6, 6.07) is 9.43. The topological polar surface area (TPSA) is 107 Å². The summed E-state index contributed by atoms with van der Waals surface area (Å²) in [6.45, 7) is 0. The number of ether oxygens (including phenoxy) is 1. The highest BCUT2D eigenvalue weighted by atomic mass is 16.5. The van der Waals surface area contributed by atoms with E-state index in [0.29, 0.717) is 11.6 Å². The molecule has 2 heterocycles. The summed E-state index contributed by atoms with van der Waals surface area (Å²) < 4.78 is 5.68. The third-order valence-corrected chi connectivity index (χ3v) is 2.81. The Morgan fingerprint density at radius 1 is 1.10 bits per heavy atom. The predicted molar refractivity (Wildman–Crippen MR) is 76.4 cm³/mol. The molecule has 1 aromatic carbocycles. The van der Waals surface area contributed by atoms with E-state index < -0.39 is 0 Å². The first-order valence-corrected chi connectivity index (χ1v) is 6.09. The van der Waals surface area contributed by atoms with Crippen molar-refractivity contribution >= 4 is 16.7 Å². The van der Waals surface area contributed by atoms with E-state index in [4.69, 9.17) is 15.7 Å². The number of nitrogens with two attached hydrogens (primary N) is 1. The van der Waals surface area contributed by atoms with E-state index in [9.17, 15) is 0 Å². The molecule has 3 aromatic rings. The Balaban J connectivity index is 1.92. The summed E-state index contributed by atoms with van der Waals surface area (Å²) >= 11 is 0. The van der Waals surface area contributed by atoms with Crippen LogP contribution in [0.5, 0.6) is 11.6 Å². The van der Waals surface area contributed by atoms with Crippen LogP contribution in [0.25, 0.3) is 10.9 Å². The Bertz CT molecular complexity index is 797. The SMILES string of the molecule is NC(=NO)c1cnc(Oc2cccc3cccnc23)cn1. The molecule has 7 nitrogen and oxygen atoms in total. The first-order valence-electron chi connectivity index (χ1n) is 6.09. The highest BCUT2D eigenvalue weighted by Gasteiger charge is 2.07. The number of para-hydroxylation sites is 1. The van der Waals surface area contributed by atoms with E-state index in [1.807, 2.05) is 24.3 Å². The normalized spacial score (nSPS) is 11.5. The van der Waals surface area contributed by atoms with E-state index in [2.05, 4.69) is 20.1 Å². The van der Waals surface area contributed by atoms with Gasteiger partial charge in [0.15, 0.2) is 11.6 Å². The molecule has 0 spiro atoms. The van der Waals surface area contributed by atoms with Crippen LogP contribution >= 0.6 is 0 Å². The van der Waals surface area contributed by atoms with Gasteiger partial charge in [0.25, 0.3) is 0 Å².